The standard InChI is InChI=1S/C19H19N7O6.Na/c20-19-25-15-14(17(30)26-19)23-11(8-22-15)7-21-10-3-1-9(2-4-10)16(29)24-12(18(31)32)5-6-13(27)28;/h1-4,8,12,21H,5-7H2,(H,24,29)(H,27,28)(H,31,32)(H3,20,22,25,26,30);/q;+1/p-1/t12-;/m0./s1. The summed E-state index contributed by atoms with van der Waals surface area (Å²) in [4.78, 5) is 60.2. The van der Waals surface area contributed by atoms with Crippen LogP contribution < -0.4 is 61.7 Å². The molecule has 5 N–H and O–H groups in total. The smallest absolute Gasteiger partial charge is 0.550 e. The van der Waals surface area contributed by atoms with Crippen LogP contribution in [0.25, 0.3) is 11.2 Å². The molecule has 0 spiro atoms. The number of hydrogen-bond acceptors (Lipinski definition) is 11. The third-order valence-corrected chi connectivity index (χ3v) is 4.33. The minimum absolute atomic E-state index is 0. The van der Waals surface area contributed by atoms with Crippen molar-refractivity contribution in [3.63, 3.8) is 0 Å². The number of nitrogens with zero attached hydrogens (tertiary/aromatic N) is 3. The van der Waals surface area contributed by atoms with Gasteiger partial charge in [0.15, 0.2) is 11.2 Å². The van der Waals surface area contributed by atoms with Gasteiger partial charge in [-0.05, 0) is 37.1 Å². The van der Waals surface area contributed by atoms with Gasteiger partial charge in [-0.3, -0.25) is 14.6 Å². The van der Waals surface area contributed by atoms with Crippen molar-refractivity contribution in [3.8, 4) is 0 Å². The zero-order chi connectivity index (χ0) is 23.3. The molecular formula is C19H18N7NaO6. The summed E-state index contributed by atoms with van der Waals surface area (Å²) in [5, 5.41) is 26.8. The Bertz CT molecular complexity index is 1240. The van der Waals surface area contributed by atoms with Gasteiger partial charge in [0.2, 0.25) is 5.95 Å². The SMILES string of the molecule is Nc1nc2ncc(CNc3ccc(C(=O)N[C@@H](CCC(=O)[O-])C(=O)[O-])cc3)nc2c(=O)[nH]1.[H+].[Na+]. The number of amides is 1. The molecule has 0 aliphatic carbocycles. The van der Waals surface area contributed by atoms with Crippen molar-refractivity contribution in [2.75, 3.05) is 11.1 Å². The molecule has 0 fully saturated rings. The van der Waals surface area contributed by atoms with E-state index in [0.29, 0.717) is 11.4 Å². The molecule has 0 saturated heterocycles. The molecule has 1 amide bonds. The molecular weight excluding hydrogens is 445 g/mol. The zero-order valence-corrected chi connectivity index (χ0v) is 19.5. The maximum Gasteiger partial charge on any atom is 1.00 e. The number of hydrogen-bond donors (Lipinski definition) is 4. The first kappa shape index (κ1) is 25.7. The predicted molar refractivity (Wildman–Crippen MR) is 108 cm³/mol. The Hall–Kier alpha value is -3.55. The molecule has 1 aromatic carbocycles. The number of anilines is 2. The third-order valence-electron chi connectivity index (χ3n) is 4.33. The van der Waals surface area contributed by atoms with Crippen LogP contribution in [0.15, 0.2) is 35.3 Å². The molecule has 3 rings (SSSR count). The topological polar surface area (TPSA) is 219 Å². The van der Waals surface area contributed by atoms with Crippen LogP contribution in [0.3, 0.4) is 0 Å². The van der Waals surface area contributed by atoms with Gasteiger partial charge in [0, 0.05) is 17.2 Å². The number of nitrogens with one attached hydrogen (secondary N) is 3. The van der Waals surface area contributed by atoms with Gasteiger partial charge < -0.3 is 36.2 Å². The van der Waals surface area contributed by atoms with Crippen molar-refractivity contribution in [2.45, 2.75) is 25.4 Å². The quantitative estimate of drug-likeness (QED) is 0.219. The Morgan fingerprint density at radius 2 is 1.85 bits per heavy atom. The number of fused-ring (bicyclic) bond motifs is 1. The average molecular weight is 463 g/mol. The predicted octanol–water partition coefficient (Wildman–Crippen LogP) is -5.60. The molecule has 1 atom stereocenters. The molecule has 0 aliphatic heterocycles. The molecule has 33 heavy (non-hydrogen) atoms. The van der Waals surface area contributed by atoms with E-state index in [2.05, 4.69) is 30.6 Å². The number of H-pyrrole nitrogens is 1. The number of aromatic nitrogens is 4. The number of benzene rings is 1. The summed E-state index contributed by atoms with van der Waals surface area (Å²) in [5.74, 6) is -3.78. The van der Waals surface area contributed by atoms with Gasteiger partial charge in [0.05, 0.1) is 30.4 Å². The Morgan fingerprint density at radius 1 is 1.15 bits per heavy atom. The Balaban J connectivity index is 0.00000289. The van der Waals surface area contributed by atoms with Gasteiger partial charge in [-0.15, -0.1) is 0 Å². The molecule has 166 valence electrons. The van der Waals surface area contributed by atoms with Gasteiger partial charge in [0.1, 0.15) is 0 Å². The summed E-state index contributed by atoms with van der Waals surface area (Å²) in [6.07, 6.45) is 0.554. The molecule has 0 saturated carbocycles. The second-order valence-corrected chi connectivity index (χ2v) is 6.67. The first-order chi connectivity index (χ1) is 15.2. The number of carboxylic acids is 2. The Kier molecular flexibility index (Phi) is 8.85. The Labute approximate surface area is 209 Å². The van der Waals surface area contributed by atoms with Crippen molar-refractivity contribution < 1.29 is 55.6 Å². The van der Waals surface area contributed by atoms with E-state index < -0.39 is 35.9 Å². The first-order valence-electron chi connectivity index (χ1n) is 9.30. The fourth-order valence-corrected chi connectivity index (χ4v) is 2.74. The molecule has 0 aliphatic rings. The maximum absolute atomic E-state index is 12.2. The maximum atomic E-state index is 12.2. The number of nitrogens with two attached hydrogens (primary N) is 1. The number of carbonyl (C=O) groups excluding carboxylic acids is 3. The van der Waals surface area contributed by atoms with E-state index in [-0.39, 0.29) is 66.6 Å². The van der Waals surface area contributed by atoms with E-state index in [1.807, 2.05) is 0 Å². The van der Waals surface area contributed by atoms with Crippen LogP contribution in [-0.2, 0) is 16.1 Å². The van der Waals surface area contributed by atoms with Crippen LogP contribution in [0.1, 0.15) is 30.3 Å². The van der Waals surface area contributed by atoms with Gasteiger partial charge in [-0.25, -0.2) is 9.97 Å². The monoisotopic (exact) mass is 463 g/mol. The van der Waals surface area contributed by atoms with Crippen molar-refractivity contribution in [1.82, 2.24) is 25.3 Å². The number of rotatable bonds is 9. The Morgan fingerprint density at radius 3 is 2.48 bits per heavy atom. The first-order valence-corrected chi connectivity index (χ1v) is 9.30. The normalized spacial score (nSPS) is 11.3. The van der Waals surface area contributed by atoms with Crippen LogP contribution in [0.5, 0.6) is 0 Å². The van der Waals surface area contributed by atoms with Crippen LogP contribution in [0.4, 0.5) is 11.6 Å². The number of aromatic amines is 1. The van der Waals surface area contributed by atoms with E-state index in [4.69, 9.17) is 5.73 Å². The molecule has 0 unspecified atom stereocenters. The number of carboxylic acid groups (broad SMARTS) is 2. The summed E-state index contributed by atoms with van der Waals surface area (Å²) in [6, 6.07) is 4.59. The second-order valence-electron chi connectivity index (χ2n) is 6.67. The fourth-order valence-electron chi connectivity index (χ4n) is 2.74. The number of nitrogen functional groups attached to an aromatic ring is 1. The van der Waals surface area contributed by atoms with Gasteiger partial charge >= 0.3 is 31.0 Å². The van der Waals surface area contributed by atoms with Crippen molar-refractivity contribution >= 4 is 40.6 Å². The van der Waals surface area contributed by atoms with E-state index in [0.717, 1.165) is 0 Å². The molecule has 3 aromatic rings. The van der Waals surface area contributed by atoms with E-state index in [9.17, 15) is 29.4 Å². The van der Waals surface area contributed by atoms with Gasteiger partial charge in [0.25, 0.3) is 11.5 Å². The summed E-state index contributed by atoms with van der Waals surface area (Å²) in [7, 11) is 0. The molecule has 0 bridgehead atoms. The van der Waals surface area contributed by atoms with Crippen LogP contribution >= 0.6 is 0 Å². The van der Waals surface area contributed by atoms with Crippen LogP contribution in [0, 0.1) is 0 Å². The molecule has 2 heterocycles. The summed E-state index contributed by atoms with van der Waals surface area (Å²) >= 11 is 0. The average Bonchev–Trinajstić information content (AvgIpc) is 2.75. The third kappa shape index (κ3) is 6.97. The summed E-state index contributed by atoms with van der Waals surface area (Å²) in [5.41, 5.74) is 6.37. The van der Waals surface area contributed by atoms with Crippen molar-refractivity contribution in [3.05, 3.63) is 52.1 Å². The summed E-state index contributed by atoms with van der Waals surface area (Å²) in [6.45, 7) is 0.217. The number of carbonyl (C=O) groups is 3. The molecule has 14 heteroatoms. The van der Waals surface area contributed by atoms with Crippen molar-refractivity contribution in [1.29, 1.82) is 0 Å². The number of aliphatic carboxylic acids is 2. The molecule has 13 nitrogen and oxygen atoms in total. The van der Waals surface area contributed by atoms with Gasteiger partial charge in [-0.1, -0.05) is 0 Å². The molecule has 2 aromatic heterocycles. The zero-order valence-electron chi connectivity index (χ0n) is 18.5. The summed E-state index contributed by atoms with van der Waals surface area (Å²) < 4.78 is 0. The van der Waals surface area contributed by atoms with E-state index in [1.54, 1.807) is 12.1 Å². The van der Waals surface area contributed by atoms with Crippen LogP contribution in [0.2, 0.25) is 0 Å². The minimum atomic E-state index is -1.59. The largest absolute Gasteiger partial charge is 1.00 e. The second kappa shape index (κ2) is 11.4. The van der Waals surface area contributed by atoms with Crippen molar-refractivity contribution in [2.24, 2.45) is 0 Å². The minimum Gasteiger partial charge on any atom is -0.550 e. The van der Waals surface area contributed by atoms with Crippen LogP contribution in [-0.4, -0.2) is 43.8 Å². The van der Waals surface area contributed by atoms with E-state index in [1.165, 1.54) is 18.3 Å². The fraction of sp³-hybridized carbons (Fsp3) is 0.211. The van der Waals surface area contributed by atoms with Gasteiger partial charge in [-0.2, -0.15) is 4.98 Å². The van der Waals surface area contributed by atoms with E-state index >= 15 is 0 Å². The molecule has 0 radical (unpaired) electrons.